The molecule has 4 nitrogen and oxygen atoms in total. The monoisotopic (exact) mass is 336 g/mol. The molecule has 0 aliphatic rings. The lowest BCUT2D eigenvalue weighted by molar-refractivity contribution is 0.601. The molecular formula is C11H7Cl3N2O2S. The average Bonchev–Trinajstić information content (AvgIpc) is 2.31. The molecule has 1 aromatic carbocycles. The Morgan fingerprint density at radius 3 is 2.47 bits per heavy atom. The van der Waals surface area contributed by atoms with Crippen LogP contribution in [-0.2, 0) is 10.0 Å². The molecule has 0 fully saturated rings. The molecule has 2 aromatic rings. The average molecular weight is 338 g/mol. The second-order valence-electron chi connectivity index (χ2n) is 3.55. The summed E-state index contributed by atoms with van der Waals surface area (Å²) in [5.74, 6) is 0. The van der Waals surface area contributed by atoms with Crippen molar-refractivity contribution >= 4 is 50.5 Å². The summed E-state index contributed by atoms with van der Waals surface area (Å²) in [5, 5.41) is 0.534. The molecule has 8 heteroatoms. The number of pyridine rings is 1. The van der Waals surface area contributed by atoms with Crippen LogP contribution in [0.5, 0.6) is 0 Å². The smallest absolute Gasteiger partial charge is 0.263 e. The van der Waals surface area contributed by atoms with Crippen LogP contribution in [0.4, 0.5) is 5.69 Å². The lowest BCUT2D eigenvalue weighted by Crippen LogP contribution is -2.13. The number of anilines is 1. The summed E-state index contributed by atoms with van der Waals surface area (Å²) in [6, 6.07) is 7.05. The molecule has 2 rings (SSSR count). The van der Waals surface area contributed by atoms with Crippen molar-refractivity contribution in [1.82, 2.24) is 4.98 Å². The third-order valence-electron chi connectivity index (χ3n) is 2.16. The Hall–Kier alpha value is -1.01. The minimum absolute atomic E-state index is 0.0806. The fraction of sp³-hybridized carbons (Fsp3) is 0. The van der Waals surface area contributed by atoms with E-state index in [0.29, 0.717) is 0 Å². The topological polar surface area (TPSA) is 59.1 Å². The third-order valence-corrected chi connectivity index (χ3v) is 4.47. The maximum absolute atomic E-state index is 12.2. The van der Waals surface area contributed by atoms with Gasteiger partial charge in [0.15, 0.2) is 0 Å². The van der Waals surface area contributed by atoms with E-state index >= 15 is 0 Å². The molecule has 19 heavy (non-hydrogen) atoms. The first-order valence-corrected chi connectivity index (χ1v) is 7.59. The first-order chi connectivity index (χ1) is 8.88. The van der Waals surface area contributed by atoms with E-state index in [1.807, 2.05) is 0 Å². The van der Waals surface area contributed by atoms with Crippen molar-refractivity contribution in [3.05, 3.63) is 51.7 Å². The number of rotatable bonds is 3. The summed E-state index contributed by atoms with van der Waals surface area (Å²) in [5.41, 5.74) is 0.288. The molecule has 0 radical (unpaired) electrons. The van der Waals surface area contributed by atoms with E-state index < -0.39 is 10.0 Å². The van der Waals surface area contributed by atoms with Gasteiger partial charge in [0.1, 0.15) is 10.0 Å². The SMILES string of the molecule is O=S(=O)(Nc1ccnc(Cl)c1)c1cc(Cl)ccc1Cl. The molecule has 1 N–H and O–H groups in total. The van der Waals surface area contributed by atoms with Gasteiger partial charge in [-0.1, -0.05) is 34.8 Å². The Balaban J connectivity index is 2.40. The molecule has 0 bridgehead atoms. The molecule has 0 amide bonds. The van der Waals surface area contributed by atoms with Crippen LogP contribution < -0.4 is 4.72 Å². The highest BCUT2D eigenvalue weighted by atomic mass is 35.5. The lowest BCUT2D eigenvalue weighted by Gasteiger charge is -2.09. The molecule has 0 unspecified atom stereocenters. The van der Waals surface area contributed by atoms with Crippen LogP contribution in [0.15, 0.2) is 41.4 Å². The van der Waals surface area contributed by atoms with Crippen LogP contribution in [0.1, 0.15) is 0 Å². The van der Waals surface area contributed by atoms with E-state index in [0.717, 1.165) is 0 Å². The molecule has 0 saturated heterocycles. The lowest BCUT2D eigenvalue weighted by atomic mass is 10.4. The van der Waals surface area contributed by atoms with Gasteiger partial charge in [0.05, 0.1) is 10.7 Å². The van der Waals surface area contributed by atoms with E-state index in [2.05, 4.69) is 9.71 Å². The molecule has 0 spiro atoms. The standard InChI is InChI=1S/C11H7Cl3N2O2S/c12-7-1-2-9(13)10(5-7)19(17,18)16-8-3-4-15-11(14)6-8/h1-6H,(H,15,16). The molecule has 1 aromatic heterocycles. The minimum atomic E-state index is -3.84. The van der Waals surface area contributed by atoms with Crippen LogP contribution in [0.3, 0.4) is 0 Å². The van der Waals surface area contributed by atoms with Gasteiger partial charge in [0, 0.05) is 11.2 Å². The maximum Gasteiger partial charge on any atom is 0.263 e. The van der Waals surface area contributed by atoms with Gasteiger partial charge in [-0.2, -0.15) is 0 Å². The number of nitrogens with one attached hydrogen (secondary N) is 1. The Morgan fingerprint density at radius 1 is 1.05 bits per heavy atom. The van der Waals surface area contributed by atoms with E-state index in [1.54, 1.807) is 0 Å². The van der Waals surface area contributed by atoms with Crippen molar-refractivity contribution in [1.29, 1.82) is 0 Å². The first-order valence-electron chi connectivity index (χ1n) is 4.98. The van der Waals surface area contributed by atoms with Crippen LogP contribution in [0.25, 0.3) is 0 Å². The number of benzene rings is 1. The molecule has 1 heterocycles. The fourth-order valence-electron chi connectivity index (χ4n) is 1.36. The molecule has 100 valence electrons. The van der Waals surface area contributed by atoms with Crippen LogP contribution in [-0.4, -0.2) is 13.4 Å². The van der Waals surface area contributed by atoms with Gasteiger partial charge in [-0.05, 0) is 30.3 Å². The van der Waals surface area contributed by atoms with Crippen molar-refractivity contribution in [2.45, 2.75) is 4.90 Å². The van der Waals surface area contributed by atoms with Crippen LogP contribution in [0, 0.1) is 0 Å². The second kappa shape index (κ2) is 5.54. The van der Waals surface area contributed by atoms with Gasteiger partial charge in [0.2, 0.25) is 0 Å². The zero-order valence-corrected chi connectivity index (χ0v) is 12.4. The van der Waals surface area contributed by atoms with Gasteiger partial charge in [0.25, 0.3) is 10.0 Å². The number of sulfonamides is 1. The largest absolute Gasteiger partial charge is 0.279 e. The van der Waals surface area contributed by atoms with Gasteiger partial charge in [-0.3, -0.25) is 4.72 Å². The summed E-state index contributed by atoms with van der Waals surface area (Å²) in [6.07, 6.45) is 1.39. The molecule has 0 atom stereocenters. The summed E-state index contributed by atoms with van der Waals surface area (Å²) >= 11 is 17.3. The fourth-order valence-corrected chi connectivity index (χ4v) is 3.35. The normalized spacial score (nSPS) is 11.3. The summed E-state index contributed by atoms with van der Waals surface area (Å²) < 4.78 is 26.7. The summed E-state index contributed by atoms with van der Waals surface area (Å²) in [4.78, 5) is 3.66. The quantitative estimate of drug-likeness (QED) is 0.866. The van der Waals surface area contributed by atoms with Crippen LogP contribution >= 0.6 is 34.8 Å². The van der Waals surface area contributed by atoms with Crippen molar-refractivity contribution in [2.24, 2.45) is 0 Å². The third kappa shape index (κ3) is 3.51. The number of halogens is 3. The van der Waals surface area contributed by atoms with Crippen LogP contribution in [0.2, 0.25) is 15.2 Å². The summed E-state index contributed by atoms with van der Waals surface area (Å²) in [6.45, 7) is 0. The van der Waals surface area contributed by atoms with Gasteiger partial charge in [-0.25, -0.2) is 13.4 Å². The van der Waals surface area contributed by atoms with Crippen molar-refractivity contribution in [3.63, 3.8) is 0 Å². The Morgan fingerprint density at radius 2 is 1.79 bits per heavy atom. The Kier molecular flexibility index (Phi) is 4.20. The first kappa shape index (κ1) is 14.4. The molecule has 0 saturated carbocycles. The highest BCUT2D eigenvalue weighted by molar-refractivity contribution is 7.92. The highest BCUT2D eigenvalue weighted by Crippen LogP contribution is 2.27. The van der Waals surface area contributed by atoms with Gasteiger partial charge < -0.3 is 0 Å². The van der Waals surface area contributed by atoms with Gasteiger partial charge >= 0.3 is 0 Å². The Labute approximate surface area is 125 Å². The minimum Gasteiger partial charge on any atom is -0.279 e. The summed E-state index contributed by atoms with van der Waals surface area (Å²) in [7, 11) is -3.84. The van der Waals surface area contributed by atoms with Crippen molar-refractivity contribution in [3.8, 4) is 0 Å². The second-order valence-corrected chi connectivity index (χ2v) is 6.43. The van der Waals surface area contributed by atoms with E-state index in [4.69, 9.17) is 34.8 Å². The Bertz CT molecular complexity index is 720. The van der Waals surface area contributed by atoms with E-state index in [9.17, 15) is 8.42 Å². The predicted octanol–water partition coefficient (Wildman–Crippen LogP) is 3.84. The van der Waals surface area contributed by atoms with Gasteiger partial charge in [-0.15, -0.1) is 0 Å². The highest BCUT2D eigenvalue weighted by Gasteiger charge is 2.18. The number of hydrogen-bond acceptors (Lipinski definition) is 3. The zero-order valence-electron chi connectivity index (χ0n) is 9.27. The van der Waals surface area contributed by atoms with E-state index in [1.165, 1.54) is 36.5 Å². The molecule has 0 aliphatic heterocycles. The van der Waals surface area contributed by atoms with E-state index in [-0.39, 0.29) is 25.8 Å². The number of hydrogen-bond donors (Lipinski definition) is 1. The van der Waals surface area contributed by atoms with Crippen molar-refractivity contribution < 1.29 is 8.42 Å². The number of aromatic nitrogens is 1. The molecular weight excluding hydrogens is 331 g/mol. The number of nitrogens with zero attached hydrogens (tertiary/aromatic N) is 1. The van der Waals surface area contributed by atoms with Crippen molar-refractivity contribution in [2.75, 3.05) is 4.72 Å². The molecule has 0 aliphatic carbocycles. The predicted molar refractivity (Wildman–Crippen MR) is 76.5 cm³/mol. The maximum atomic E-state index is 12.2. The zero-order chi connectivity index (χ0) is 14.0.